The van der Waals surface area contributed by atoms with Gasteiger partial charge in [-0.2, -0.15) is 0 Å². The smallest absolute Gasteiger partial charge is 0.319 e. The summed E-state index contributed by atoms with van der Waals surface area (Å²) in [6.07, 6.45) is 6.52. The number of nitrogens with zero attached hydrogens (tertiary/aromatic N) is 2. The van der Waals surface area contributed by atoms with E-state index in [1.165, 1.54) is 19.3 Å². The average molecular weight is 284 g/mol. The molecule has 0 aromatic carbocycles. The number of carboxylic acid groups (broad SMARTS) is 1. The summed E-state index contributed by atoms with van der Waals surface area (Å²) in [4.78, 5) is 26.4. The maximum Gasteiger partial charge on any atom is 0.319 e. The molecule has 1 atom stereocenters. The van der Waals surface area contributed by atoms with Gasteiger partial charge in [0.1, 0.15) is 0 Å². The van der Waals surface area contributed by atoms with E-state index in [4.69, 9.17) is 5.11 Å². The van der Waals surface area contributed by atoms with Gasteiger partial charge in [-0.05, 0) is 31.6 Å². The number of aliphatic carboxylic acids is 1. The normalized spacial score (nSPS) is 19.5. The largest absolute Gasteiger partial charge is 0.481 e. The number of carbonyl (C=O) groups excluding carboxylic acids is 1. The second-order valence-corrected chi connectivity index (χ2v) is 5.77. The zero-order valence-corrected chi connectivity index (χ0v) is 12.8. The van der Waals surface area contributed by atoms with Crippen molar-refractivity contribution in [3.63, 3.8) is 0 Å². The molecule has 1 N–H and O–H groups in total. The first-order chi connectivity index (χ1) is 9.54. The summed E-state index contributed by atoms with van der Waals surface area (Å²) in [5.74, 6) is -0.0434. The van der Waals surface area contributed by atoms with Gasteiger partial charge in [0.25, 0.3) is 0 Å². The van der Waals surface area contributed by atoms with Crippen molar-refractivity contribution < 1.29 is 14.7 Å². The van der Waals surface area contributed by atoms with E-state index in [1.807, 2.05) is 4.90 Å². The lowest BCUT2D eigenvalue weighted by Crippen LogP contribution is -2.42. The summed E-state index contributed by atoms with van der Waals surface area (Å²) in [7, 11) is 1.76. The zero-order chi connectivity index (χ0) is 15.0. The van der Waals surface area contributed by atoms with Crippen LogP contribution in [0.25, 0.3) is 0 Å². The predicted molar refractivity (Wildman–Crippen MR) is 78.7 cm³/mol. The number of likely N-dealkylation sites (tertiary alicyclic amines) is 1. The lowest BCUT2D eigenvalue weighted by molar-refractivity contribution is -0.137. The van der Waals surface area contributed by atoms with E-state index in [0.29, 0.717) is 13.0 Å². The third-order valence-electron chi connectivity index (χ3n) is 4.03. The van der Waals surface area contributed by atoms with E-state index in [2.05, 4.69) is 6.92 Å². The monoisotopic (exact) mass is 284 g/mol. The fourth-order valence-electron chi connectivity index (χ4n) is 2.86. The van der Waals surface area contributed by atoms with E-state index >= 15 is 0 Å². The minimum atomic E-state index is -0.803. The van der Waals surface area contributed by atoms with Gasteiger partial charge in [-0.15, -0.1) is 0 Å². The highest BCUT2D eigenvalue weighted by molar-refractivity contribution is 5.74. The van der Waals surface area contributed by atoms with Crippen molar-refractivity contribution in [2.24, 2.45) is 5.92 Å². The van der Waals surface area contributed by atoms with Gasteiger partial charge >= 0.3 is 12.0 Å². The minimum Gasteiger partial charge on any atom is -0.481 e. The Kier molecular flexibility index (Phi) is 7.41. The van der Waals surface area contributed by atoms with E-state index in [-0.39, 0.29) is 12.5 Å². The van der Waals surface area contributed by atoms with Crippen LogP contribution in [-0.4, -0.2) is 53.6 Å². The quantitative estimate of drug-likeness (QED) is 0.816. The van der Waals surface area contributed by atoms with Gasteiger partial charge in [0.15, 0.2) is 0 Å². The molecule has 0 spiro atoms. The molecule has 1 heterocycles. The summed E-state index contributed by atoms with van der Waals surface area (Å²) < 4.78 is 0. The van der Waals surface area contributed by atoms with Crippen LogP contribution in [0.4, 0.5) is 4.79 Å². The molecule has 5 heteroatoms. The molecule has 20 heavy (non-hydrogen) atoms. The first-order valence-electron chi connectivity index (χ1n) is 7.76. The maximum absolute atomic E-state index is 12.3. The Morgan fingerprint density at radius 3 is 2.70 bits per heavy atom. The maximum atomic E-state index is 12.3. The van der Waals surface area contributed by atoms with Gasteiger partial charge in [-0.3, -0.25) is 4.79 Å². The molecule has 0 aromatic heterocycles. The van der Waals surface area contributed by atoms with Crippen LogP contribution in [0, 0.1) is 5.92 Å². The van der Waals surface area contributed by atoms with Crippen molar-refractivity contribution in [3.05, 3.63) is 0 Å². The number of rotatable bonds is 6. The van der Waals surface area contributed by atoms with Gasteiger partial charge in [-0.1, -0.05) is 19.8 Å². The molecule has 1 aliphatic rings. The van der Waals surface area contributed by atoms with E-state index in [0.717, 1.165) is 31.8 Å². The molecular formula is C15H28N2O3. The first kappa shape index (κ1) is 16.8. The van der Waals surface area contributed by atoms with Crippen molar-refractivity contribution in [1.29, 1.82) is 0 Å². The number of amides is 2. The fraction of sp³-hybridized carbons (Fsp3) is 0.867. The standard InChI is InChI=1S/C15H28N2O3/c1-3-6-13-7-4-11-17(12-9-13)15(20)16(2)10-5-8-14(18)19/h13H,3-12H2,1-2H3,(H,18,19). The fourth-order valence-corrected chi connectivity index (χ4v) is 2.86. The van der Waals surface area contributed by atoms with Crippen LogP contribution in [0.1, 0.15) is 51.9 Å². The molecule has 1 aliphatic heterocycles. The van der Waals surface area contributed by atoms with Gasteiger partial charge in [0, 0.05) is 33.1 Å². The van der Waals surface area contributed by atoms with Crippen molar-refractivity contribution in [2.45, 2.75) is 51.9 Å². The molecule has 2 amide bonds. The molecule has 1 saturated heterocycles. The lowest BCUT2D eigenvalue weighted by Gasteiger charge is -2.27. The van der Waals surface area contributed by atoms with Crippen LogP contribution in [-0.2, 0) is 4.79 Å². The second-order valence-electron chi connectivity index (χ2n) is 5.77. The van der Waals surface area contributed by atoms with Crippen molar-refractivity contribution in [3.8, 4) is 0 Å². The van der Waals surface area contributed by atoms with Crippen molar-refractivity contribution >= 4 is 12.0 Å². The summed E-state index contributed by atoms with van der Waals surface area (Å²) in [5.41, 5.74) is 0. The summed E-state index contributed by atoms with van der Waals surface area (Å²) >= 11 is 0. The minimum absolute atomic E-state index is 0.0486. The predicted octanol–water partition coefficient (Wildman–Crippen LogP) is 2.81. The van der Waals surface area contributed by atoms with E-state index < -0.39 is 5.97 Å². The summed E-state index contributed by atoms with van der Waals surface area (Å²) in [6.45, 7) is 4.40. The molecule has 1 rings (SSSR count). The van der Waals surface area contributed by atoms with Crippen LogP contribution in [0.5, 0.6) is 0 Å². The number of hydrogen-bond donors (Lipinski definition) is 1. The Balaban J connectivity index is 2.36. The highest BCUT2D eigenvalue weighted by Gasteiger charge is 2.22. The molecule has 1 unspecified atom stereocenters. The third kappa shape index (κ3) is 5.80. The van der Waals surface area contributed by atoms with Crippen LogP contribution < -0.4 is 0 Å². The second kappa shape index (κ2) is 8.82. The van der Waals surface area contributed by atoms with Gasteiger partial charge in [-0.25, -0.2) is 4.79 Å². The molecule has 1 fully saturated rings. The Bertz CT molecular complexity index is 320. The molecule has 0 bridgehead atoms. The number of urea groups is 1. The highest BCUT2D eigenvalue weighted by atomic mass is 16.4. The molecule has 0 saturated carbocycles. The number of carbonyl (C=O) groups is 2. The lowest BCUT2D eigenvalue weighted by atomic mass is 9.96. The van der Waals surface area contributed by atoms with Gasteiger partial charge in [0.05, 0.1) is 0 Å². The first-order valence-corrected chi connectivity index (χ1v) is 7.76. The van der Waals surface area contributed by atoms with E-state index in [9.17, 15) is 9.59 Å². The molecule has 5 nitrogen and oxygen atoms in total. The summed E-state index contributed by atoms with van der Waals surface area (Å²) in [5, 5.41) is 8.62. The zero-order valence-electron chi connectivity index (χ0n) is 12.8. The Hall–Kier alpha value is -1.26. The average Bonchev–Trinajstić information content (AvgIpc) is 2.63. The number of hydrogen-bond acceptors (Lipinski definition) is 2. The Labute approximate surface area is 121 Å². The van der Waals surface area contributed by atoms with Crippen LogP contribution in [0.3, 0.4) is 0 Å². The Morgan fingerprint density at radius 2 is 2.05 bits per heavy atom. The molecular weight excluding hydrogens is 256 g/mol. The molecule has 116 valence electrons. The van der Waals surface area contributed by atoms with Gasteiger partial charge in [0.2, 0.25) is 0 Å². The highest BCUT2D eigenvalue weighted by Crippen LogP contribution is 2.22. The topological polar surface area (TPSA) is 60.9 Å². The van der Waals surface area contributed by atoms with Crippen LogP contribution >= 0.6 is 0 Å². The van der Waals surface area contributed by atoms with Crippen LogP contribution in [0.2, 0.25) is 0 Å². The third-order valence-corrected chi connectivity index (χ3v) is 4.03. The summed E-state index contributed by atoms with van der Waals surface area (Å²) in [6, 6.07) is 0.0486. The van der Waals surface area contributed by atoms with Gasteiger partial charge < -0.3 is 14.9 Å². The van der Waals surface area contributed by atoms with E-state index in [1.54, 1.807) is 11.9 Å². The number of carboxylic acids is 1. The van der Waals surface area contributed by atoms with Crippen molar-refractivity contribution in [2.75, 3.05) is 26.7 Å². The molecule has 0 aliphatic carbocycles. The SMILES string of the molecule is CCCC1CCCN(C(=O)N(C)CCCC(=O)O)CC1. The Morgan fingerprint density at radius 1 is 1.30 bits per heavy atom. The molecule has 0 aromatic rings. The molecule has 0 radical (unpaired) electrons. The van der Waals surface area contributed by atoms with Crippen LogP contribution in [0.15, 0.2) is 0 Å². The van der Waals surface area contributed by atoms with Crippen molar-refractivity contribution in [1.82, 2.24) is 9.80 Å².